The molecule has 1 aliphatic carbocycles. The number of nitrogens with one attached hydrogen (secondary N) is 1. The Morgan fingerprint density at radius 3 is 2.09 bits per heavy atom. The van der Waals surface area contributed by atoms with Gasteiger partial charge in [-0.25, -0.2) is 12.8 Å². The number of halogens is 7. The van der Waals surface area contributed by atoms with Gasteiger partial charge in [-0.3, -0.25) is 4.79 Å². The minimum absolute atomic E-state index is 0.0649. The van der Waals surface area contributed by atoms with Gasteiger partial charge in [-0.15, -0.1) is 0 Å². The Balaban J connectivity index is 1.95. The molecule has 4 nitrogen and oxygen atoms in total. The molecule has 0 saturated carbocycles. The number of amides is 1. The second-order valence-electron chi connectivity index (χ2n) is 8.57. The summed E-state index contributed by atoms with van der Waals surface area (Å²) in [5, 5.41) is 2.57. The summed E-state index contributed by atoms with van der Waals surface area (Å²) >= 11 is 0. The lowest BCUT2D eigenvalue weighted by Crippen LogP contribution is -2.51. The van der Waals surface area contributed by atoms with Crippen LogP contribution in [0.2, 0.25) is 0 Å². The maximum absolute atomic E-state index is 14.6. The average Bonchev–Trinajstić information content (AvgIpc) is 3.09. The Kier molecular flexibility index (Phi) is 5.35. The Morgan fingerprint density at radius 1 is 0.941 bits per heavy atom. The molecule has 0 unspecified atom stereocenters. The summed E-state index contributed by atoms with van der Waals surface area (Å²) in [5.41, 5.74) is -6.88. The minimum atomic E-state index is -6.30. The average molecular weight is 509 g/mol. The molecule has 1 saturated heterocycles. The maximum atomic E-state index is 14.6. The predicted molar refractivity (Wildman–Crippen MR) is 106 cm³/mol. The van der Waals surface area contributed by atoms with Crippen LogP contribution in [0.25, 0.3) is 0 Å². The van der Waals surface area contributed by atoms with Crippen molar-refractivity contribution in [2.45, 2.75) is 59.9 Å². The van der Waals surface area contributed by atoms with E-state index in [0.29, 0.717) is 12.1 Å². The second-order valence-corrected chi connectivity index (χ2v) is 10.8. The Morgan fingerprint density at radius 2 is 1.53 bits per heavy atom. The fourth-order valence-electron chi connectivity index (χ4n) is 4.88. The lowest BCUT2D eigenvalue weighted by atomic mass is 9.77. The van der Waals surface area contributed by atoms with Crippen LogP contribution in [0.3, 0.4) is 0 Å². The number of benzene rings is 2. The van der Waals surface area contributed by atoms with E-state index < -0.39 is 56.5 Å². The van der Waals surface area contributed by atoms with Crippen molar-refractivity contribution in [1.82, 2.24) is 5.32 Å². The summed E-state index contributed by atoms with van der Waals surface area (Å²) < 4.78 is 120. The Bertz CT molecular complexity index is 1240. The lowest BCUT2D eigenvalue weighted by molar-refractivity contribution is -0.348. The van der Waals surface area contributed by atoms with Crippen molar-refractivity contribution in [3.63, 3.8) is 0 Å². The highest BCUT2D eigenvalue weighted by atomic mass is 32.2. The van der Waals surface area contributed by atoms with Gasteiger partial charge in [0.1, 0.15) is 4.75 Å². The highest BCUT2D eigenvalue weighted by Gasteiger charge is 2.73. The van der Waals surface area contributed by atoms with Crippen molar-refractivity contribution >= 4 is 15.7 Å². The molecular weight excluding hydrogens is 491 g/mol. The van der Waals surface area contributed by atoms with Gasteiger partial charge in [0, 0.05) is 5.56 Å². The Labute approximate surface area is 190 Å². The number of hydrogen-bond donors (Lipinski definition) is 1. The highest BCUT2D eigenvalue weighted by Crippen LogP contribution is 2.55. The first-order chi connectivity index (χ1) is 15.6. The normalized spacial score (nSPS) is 23.3. The van der Waals surface area contributed by atoms with Crippen molar-refractivity contribution in [1.29, 1.82) is 0 Å². The monoisotopic (exact) mass is 509 g/mol. The zero-order valence-corrected chi connectivity index (χ0v) is 18.3. The van der Waals surface area contributed by atoms with Gasteiger partial charge in [0.2, 0.25) is 5.91 Å². The smallest absolute Gasteiger partial charge is 0.351 e. The van der Waals surface area contributed by atoms with Gasteiger partial charge in [0.05, 0.1) is 17.4 Å². The SMILES string of the molecule is Cc1ccc(S(=O)(=O)[C@@]23CC(=O)N[C@@H]2CCc2cc(C(F)(C(F)(F)F)C(F)(F)F)ccc23)cc1. The molecule has 1 heterocycles. The van der Waals surface area contributed by atoms with Gasteiger partial charge >= 0.3 is 18.0 Å². The number of hydrogen-bond acceptors (Lipinski definition) is 3. The van der Waals surface area contributed by atoms with Crippen LogP contribution in [0.15, 0.2) is 47.4 Å². The molecule has 2 aromatic carbocycles. The molecule has 4 rings (SSSR count). The van der Waals surface area contributed by atoms with Gasteiger partial charge in [0.15, 0.2) is 9.84 Å². The summed E-state index contributed by atoms with van der Waals surface area (Å²) in [7, 11) is -4.35. The fraction of sp³-hybridized carbons (Fsp3) is 0.409. The third-order valence-electron chi connectivity index (χ3n) is 6.57. The van der Waals surface area contributed by atoms with Crippen molar-refractivity contribution in [2.75, 3.05) is 0 Å². The van der Waals surface area contributed by atoms with Crippen LogP contribution in [0.1, 0.15) is 35.1 Å². The summed E-state index contributed by atoms with van der Waals surface area (Å²) in [4.78, 5) is 12.2. The number of sulfone groups is 1. The predicted octanol–water partition coefficient (Wildman–Crippen LogP) is 4.79. The number of rotatable bonds is 3. The molecule has 12 heteroatoms. The molecule has 1 aliphatic heterocycles. The van der Waals surface area contributed by atoms with Crippen LogP contribution >= 0.6 is 0 Å². The molecule has 2 atom stereocenters. The van der Waals surface area contributed by atoms with E-state index in [-0.39, 0.29) is 28.9 Å². The van der Waals surface area contributed by atoms with Gasteiger partial charge < -0.3 is 5.32 Å². The fourth-order valence-corrected chi connectivity index (χ4v) is 7.16. The molecule has 2 aromatic rings. The van der Waals surface area contributed by atoms with E-state index in [1.165, 1.54) is 24.3 Å². The zero-order chi connectivity index (χ0) is 25.3. The minimum Gasteiger partial charge on any atom is -0.351 e. The molecule has 0 spiro atoms. The van der Waals surface area contributed by atoms with Crippen molar-refractivity contribution in [2.24, 2.45) is 0 Å². The number of alkyl halides is 7. The summed E-state index contributed by atoms with van der Waals surface area (Å²) in [6, 6.07) is 6.24. The number of carbonyl (C=O) groups excluding carboxylic acids is 1. The number of carbonyl (C=O) groups is 1. The number of fused-ring (bicyclic) bond motifs is 3. The summed E-state index contributed by atoms with van der Waals surface area (Å²) in [6.07, 6.45) is -13.4. The van der Waals surface area contributed by atoms with Crippen LogP contribution in [-0.4, -0.2) is 32.7 Å². The van der Waals surface area contributed by atoms with Gasteiger partial charge in [-0.05, 0) is 43.0 Å². The molecule has 0 radical (unpaired) electrons. The molecule has 34 heavy (non-hydrogen) atoms. The molecule has 0 bridgehead atoms. The first-order valence-corrected chi connectivity index (χ1v) is 11.6. The molecule has 184 valence electrons. The van der Waals surface area contributed by atoms with E-state index in [2.05, 4.69) is 5.32 Å². The van der Waals surface area contributed by atoms with Gasteiger partial charge in [0.25, 0.3) is 0 Å². The lowest BCUT2D eigenvalue weighted by Gasteiger charge is -2.40. The topological polar surface area (TPSA) is 63.2 Å². The third-order valence-corrected chi connectivity index (χ3v) is 9.08. The largest absolute Gasteiger partial charge is 0.435 e. The van der Waals surface area contributed by atoms with E-state index in [0.717, 1.165) is 11.6 Å². The summed E-state index contributed by atoms with van der Waals surface area (Å²) in [6.45, 7) is 1.72. The highest BCUT2D eigenvalue weighted by molar-refractivity contribution is 7.92. The van der Waals surface area contributed by atoms with Crippen LogP contribution < -0.4 is 5.32 Å². The molecule has 1 fully saturated rings. The van der Waals surface area contributed by atoms with Crippen LogP contribution in [0.4, 0.5) is 30.7 Å². The first kappa shape index (κ1) is 24.5. The summed E-state index contributed by atoms with van der Waals surface area (Å²) in [5.74, 6) is -0.622. The van der Waals surface area contributed by atoms with Crippen LogP contribution in [0.5, 0.6) is 0 Å². The third kappa shape index (κ3) is 3.24. The van der Waals surface area contributed by atoms with Crippen molar-refractivity contribution in [3.05, 3.63) is 64.7 Å². The van der Waals surface area contributed by atoms with Crippen LogP contribution in [0, 0.1) is 6.92 Å². The number of aryl methyl sites for hydroxylation is 2. The molecule has 2 aliphatic rings. The van der Waals surface area contributed by atoms with E-state index in [9.17, 15) is 43.9 Å². The van der Waals surface area contributed by atoms with Gasteiger partial charge in [-0.1, -0.05) is 35.9 Å². The molecule has 1 N–H and O–H groups in total. The quantitative estimate of drug-likeness (QED) is 0.606. The van der Waals surface area contributed by atoms with E-state index in [4.69, 9.17) is 0 Å². The Hall–Kier alpha value is -2.63. The van der Waals surface area contributed by atoms with Gasteiger partial charge in [-0.2, -0.15) is 26.3 Å². The van der Waals surface area contributed by atoms with E-state index >= 15 is 0 Å². The van der Waals surface area contributed by atoms with Crippen molar-refractivity contribution < 1.29 is 43.9 Å². The van der Waals surface area contributed by atoms with E-state index in [1.807, 2.05) is 0 Å². The maximum Gasteiger partial charge on any atom is 0.435 e. The molecule has 1 amide bonds. The van der Waals surface area contributed by atoms with Crippen molar-refractivity contribution in [3.8, 4) is 0 Å². The molecule has 0 aromatic heterocycles. The standard InChI is InChI=1S/C22H18F7NO3S/c1-12-2-6-15(7-3-12)34(32,33)19-11-18(31)30-17(19)9-4-13-10-14(5-8-16(13)19)20(23,21(24,25)26)22(27,28)29/h2-3,5-8,10,17H,4,9,11H2,1H3,(H,30,31)/t17-,19-/m1/s1. The molecular formula is C22H18F7NO3S. The second kappa shape index (κ2) is 7.43. The zero-order valence-electron chi connectivity index (χ0n) is 17.5. The first-order valence-electron chi connectivity index (χ1n) is 10.1. The van der Waals surface area contributed by atoms with Crippen LogP contribution in [-0.2, 0) is 31.5 Å². The van der Waals surface area contributed by atoms with E-state index in [1.54, 1.807) is 6.92 Å².